The third-order valence-electron chi connectivity index (χ3n) is 6.32. The van der Waals surface area contributed by atoms with E-state index in [0.29, 0.717) is 16.8 Å². The maximum atomic E-state index is 13.1. The highest BCUT2D eigenvalue weighted by atomic mass is 16.5. The first-order chi connectivity index (χ1) is 17.7. The van der Waals surface area contributed by atoms with Crippen molar-refractivity contribution in [2.75, 3.05) is 39.8 Å². The number of carbonyl (C=O) groups excluding carboxylic acids is 2. The summed E-state index contributed by atoms with van der Waals surface area (Å²) in [6.45, 7) is -0.262. The van der Waals surface area contributed by atoms with Crippen LogP contribution in [0.25, 0.3) is 0 Å². The molecule has 37 heavy (non-hydrogen) atoms. The number of rotatable bonds is 8. The fourth-order valence-corrected chi connectivity index (χ4v) is 4.37. The summed E-state index contributed by atoms with van der Waals surface area (Å²) in [5, 5.41) is 30.5. The molecule has 0 fully saturated rings. The van der Waals surface area contributed by atoms with E-state index in [1.54, 1.807) is 73.6 Å². The monoisotopic (exact) mass is 506 g/mol. The highest BCUT2D eigenvalue weighted by Crippen LogP contribution is 2.43. The first-order valence-corrected chi connectivity index (χ1v) is 11.4. The second-order valence-corrected chi connectivity index (χ2v) is 8.59. The van der Waals surface area contributed by atoms with Crippen LogP contribution in [0.2, 0.25) is 0 Å². The molecule has 0 saturated heterocycles. The fourth-order valence-electron chi connectivity index (χ4n) is 4.37. The van der Waals surface area contributed by atoms with Gasteiger partial charge in [0.15, 0.2) is 0 Å². The van der Waals surface area contributed by atoms with Crippen molar-refractivity contribution >= 4 is 17.6 Å². The number of nitrogens with two attached hydrogens (primary N) is 1. The van der Waals surface area contributed by atoms with E-state index in [9.17, 15) is 25.1 Å². The number of benzene rings is 2. The molecule has 1 aliphatic heterocycles. The minimum absolute atomic E-state index is 0.0521. The number of aliphatic hydroxyl groups excluding tert-OH is 2. The van der Waals surface area contributed by atoms with Gasteiger partial charge < -0.3 is 30.3 Å². The molecule has 2 aromatic rings. The second kappa shape index (κ2) is 11.7. The molecule has 3 unspecified atom stereocenters. The lowest BCUT2D eigenvalue weighted by Gasteiger charge is -2.36. The summed E-state index contributed by atoms with van der Waals surface area (Å²) in [7, 11) is 5.84. The Morgan fingerprint density at radius 1 is 1.08 bits per heavy atom. The van der Waals surface area contributed by atoms with Gasteiger partial charge in [0.2, 0.25) is 0 Å². The molecule has 3 rings (SSSR count). The molecule has 2 aromatic carbocycles. The van der Waals surface area contributed by atoms with Gasteiger partial charge in [-0.1, -0.05) is 42.5 Å². The van der Waals surface area contributed by atoms with E-state index in [1.165, 1.54) is 19.1 Å². The number of nitrogens with zero attached hydrogens (tertiary/aromatic N) is 3. The van der Waals surface area contributed by atoms with Gasteiger partial charge in [0.25, 0.3) is 0 Å². The zero-order chi connectivity index (χ0) is 27.3. The van der Waals surface area contributed by atoms with Crippen molar-refractivity contribution in [1.29, 1.82) is 5.26 Å². The summed E-state index contributed by atoms with van der Waals surface area (Å²) >= 11 is 0. The van der Waals surface area contributed by atoms with Crippen molar-refractivity contribution in [2.24, 2.45) is 5.73 Å². The van der Waals surface area contributed by atoms with Crippen molar-refractivity contribution in [3.8, 4) is 6.07 Å². The number of nitriles is 1. The van der Waals surface area contributed by atoms with Crippen LogP contribution in [0, 0.1) is 11.3 Å². The molecule has 0 amide bonds. The van der Waals surface area contributed by atoms with Gasteiger partial charge in [0.1, 0.15) is 11.5 Å². The summed E-state index contributed by atoms with van der Waals surface area (Å²) in [5.41, 5.74) is 7.69. The second-order valence-electron chi connectivity index (χ2n) is 8.59. The average Bonchev–Trinajstić information content (AvgIpc) is 2.92. The largest absolute Gasteiger partial charge is 0.466 e. The Hall–Kier alpha value is -4.17. The Balaban J connectivity index is 2.24. The standard InChI is InChI=1S/C27H30N4O6/c1-30(2)20(15-32)24(33)17-10-12-18(13-11-17)31-23(27(35)37-4)22(26(34)36-3)21(19(14-28)25(31)29)16-8-6-5-7-9-16/h5-13,20-21,24,32-33H,15,29H2,1-4H3. The van der Waals surface area contributed by atoms with Crippen LogP contribution in [0.4, 0.5) is 5.69 Å². The van der Waals surface area contributed by atoms with Gasteiger partial charge in [-0.25, -0.2) is 9.59 Å². The zero-order valence-electron chi connectivity index (χ0n) is 21.1. The molecule has 1 aliphatic rings. The predicted molar refractivity (Wildman–Crippen MR) is 136 cm³/mol. The number of carbonyl (C=O) groups is 2. The highest BCUT2D eigenvalue weighted by molar-refractivity contribution is 6.06. The molecule has 1 heterocycles. The van der Waals surface area contributed by atoms with Crippen LogP contribution < -0.4 is 10.6 Å². The molecule has 3 atom stereocenters. The van der Waals surface area contributed by atoms with Crippen LogP contribution in [0.5, 0.6) is 0 Å². The van der Waals surface area contributed by atoms with Crippen molar-refractivity contribution in [2.45, 2.75) is 18.1 Å². The van der Waals surface area contributed by atoms with E-state index < -0.39 is 30.0 Å². The maximum Gasteiger partial charge on any atom is 0.355 e. The molecule has 0 aromatic heterocycles. The minimum Gasteiger partial charge on any atom is -0.466 e. The van der Waals surface area contributed by atoms with Gasteiger partial charge in [-0.05, 0) is 37.4 Å². The molecular formula is C27H30N4O6. The smallest absolute Gasteiger partial charge is 0.355 e. The molecule has 4 N–H and O–H groups in total. The van der Waals surface area contributed by atoms with E-state index >= 15 is 0 Å². The molecule has 10 nitrogen and oxygen atoms in total. The third kappa shape index (κ3) is 5.20. The number of anilines is 1. The summed E-state index contributed by atoms with van der Waals surface area (Å²) in [6.07, 6.45) is -0.998. The normalized spacial score (nSPS) is 17.4. The molecule has 0 saturated carbocycles. The van der Waals surface area contributed by atoms with Crippen LogP contribution in [-0.2, 0) is 19.1 Å². The van der Waals surface area contributed by atoms with Crippen LogP contribution in [0.3, 0.4) is 0 Å². The van der Waals surface area contributed by atoms with E-state index in [1.807, 2.05) is 0 Å². The lowest BCUT2D eigenvalue weighted by Crippen LogP contribution is -2.40. The van der Waals surface area contributed by atoms with Gasteiger partial charge in [-0.3, -0.25) is 4.90 Å². The van der Waals surface area contributed by atoms with Crippen LogP contribution >= 0.6 is 0 Å². The number of allylic oxidation sites excluding steroid dienone is 1. The SMILES string of the molecule is COC(=O)C1=C(C(=O)OC)N(c2ccc(C(O)C(CO)N(C)C)cc2)C(N)=C(C#N)C1c1ccccc1. The van der Waals surface area contributed by atoms with Crippen LogP contribution in [-0.4, -0.2) is 68.0 Å². The van der Waals surface area contributed by atoms with Gasteiger partial charge in [-0.2, -0.15) is 5.26 Å². The molecule has 194 valence electrons. The Morgan fingerprint density at radius 3 is 2.16 bits per heavy atom. The van der Waals surface area contributed by atoms with Gasteiger partial charge in [-0.15, -0.1) is 0 Å². The molecule has 0 radical (unpaired) electrons. The first kappa shape index (κ1) is 27.4. The fraction of sp³-hybridized carbons (Fsp3) is 0.296. The summed E-state index contributed by atoms with van der Waals surface area (Å²) < 4.78 is 10.0. The number of likely N-dealkylation sites (N-methyl/N-ethyl adjacent to an activating group) is 1. The number of hydrogen-bond acceptors (Lipinski definition) is 10. The molecule has 0 spiro atoms. The van der Waals surface area contributed by atoms with E-state index in [0.717, 1.165) is 0 Å². The maximum absolute atomic E-state index is 13.1. The predicted octanol–water partition coefficient (Wildman–Crippen LogP) is 1.54. The van der Waals surface area contributed by atoms with Gasteiger partial charge >= 0.3 is 11.9 Å². The molecule has 10 heteroatoms. The van der Waals surface area contributed by atoms with E-state index in [-0.39, 0.29) is 29.3 Å². The molecule has 0 bridgehead atoms. The Bertz CT molecular complexity index is 1250. The number of ether oxygens (including phenoxy) is 2. The van der Waals surface area contributed by atoms with Gasteiger partial charge in [0, 0.05) is 5.69 Å². The number of hydrogen-bond donors (Lipinski definition) is 3. The van der Waals surface area contributed by atoms with E-state index in [4.69, 9.17) is 15.2 Å². The van der Waals surface area contributed by atoms with Crippen molar-refractivity contribution in [3.63, 3.8) is 0 Å². The minimum atomic E-state index is -0.998. The van der Waals surface area contributed by atoms with Crippen molar-refractivity contribution < 1.29 is 29.3 Å². The zero-order valence-corrected chi connectivity index (χ0v) is 21.1. The quantitative estimate of drug-likeness (QED) is 0.450. The van der Waals surface area contributed by atoms with Crippen LogP contribution in [0.15, 0.2) is 77.3 Å². The Labute approximate surface area is 215 Å². The number of methoxy groups -OCH3 is 2. The van der Waals surface area contributed by atoms with E-state index in [2.05, 4.69) is 6.07 Å². The summed E-state index contributed by atoms with van der Waals surface area (Å²) in [5.74, 6) is -2.68. The first-order valence-electron chi connectivity index (χ1n) is 11.4. The number of aliphatic hydroxyl groups is 2. The topological polar surface area (TPSA) is 149 Å². The molecular weight excluding hydrogens is 476 g/mol. The highest BCUT2D eigenvalue weighted by Gasteiger charge is 2.43. The number of esters is 2. The lowest BCUT2D eigenvalue weighted by atomic mass is 9.81. The Morgan fingerprint density at radius 2 is 1.68 bits per heavy atom. The summed E-state index contributed by atoms with van der Waals surface area (Å²) in [4.78, 5) is 29.2. The Kier molecular flexibility index (Phi) is 8.68. The lowest BCUT2D eigenvalue weighted by molar-refractivity contribution is -0.139. The average molecular weight is 507 g/mol. The van der Waals surface area contributed by atoms with Crippen LogP contribution in [0.1, 0.15) is 23.1 Å². The third-order valence-corrected chi connectivity index (χ3v) is 6.32. The molecule has 0 aliphatic carbocycles. The van der Waals surface area contributed by atoms with Crippen molar-refractivity contribution in [1.82, 2.24) is 4.90 Å². The van der Waals surface area contributed by atoms with Crippen molar-refractivity contribution in [3.05, 3.63) is 88.4 Å². The van der Waals surface area contributed by atoms with Gasteiger partial charge in [0.05, 0.1) is 56.1 Å². The summed E-state index contributed by atoms with van der Waals surface area (Å²) in [6, 6.07) is 16.7.